The molecule has 0 radical (unpaired) electrons. The minimum Gasteiger partial charge on any atom is -0.310 e. The van der Waals surface area contributed by atoms with Gasteiger partial charge in [0.05, 0.1) is 0 Å². The number of rotatable bonds is 4. The van der Waals surface area contributed by atoms with Gasteiger partial charge in [0.25, 0.3) is 0 Å². The first-order valence-corrected chi connectivity index (χ1v) is 5.01. The molecule has 0 aromatic heterocycles. The summed E-state index contributed by atoms with van der Waals surface area (Å²) in [6.07, 6.45) is 1.19. The predicted molar refractivity (Wildman–Crippen MR) is 57.8 cm³/mol. The van der Waals surface area contributed by atoms with Crippen LogP contribution in [0.5, 0.6) is 0 Å². The first-order chi connectivity index (χ1) is 6.22. The minimum atomic E-state index is 0.612. The molecule has 0 bridgehead atoms. The molecule has 1 N–H and O–H groups in total. The summed E-state index contributed by atoms with van der Waals surface area (Å²) in [6, 6.07) is 9.26. The number of hydrogen-bond donors (Lipinski definition) is 1. The lowest BCUT2D eigenvalue weighted by Gasteiger charge is -2.11. The lowest BCUT2D eigenvalue weighted by molar-refractivity contribution is 0.534. The van der Waals surface area contributed by atoms with Crippen LogP contribution in [0, 0.1) is 6.92 Å². The van der Waals surface area contributed by atoms with Crippen molar-refractivity contribution >= 4 is 0 Å². The van der Waals surface area contributed by atoms with Gasteiger partial charge in [0.15, 0.2) is 0 Å². The molecule has 0 saturated carbocycles. The van der Waals surface area contributed by atoms with E-state index < -0.39 is 0 Å². The van der Waals surface area contributed by atoms with Crippen molar-refractivity contribution in [3.63, 3.8) is 0 Å². The van der Waals surface area contributed by atoms with Gasteiger partial charge in [0, 0.05) is 12.6 Å². The van der Waals surface area contributed by atoms with Gasteiger partial charge in [-0.1, -0.05) is 36.8 Å². The maximum atomic E-state index is 3.48. The van der Waals surface area contributed by atoms with Crippen molar-refractivity contribution < 1.29 is 0 Å². The van der Waals surface area contributed by atoms with Gasteiger partial charge in [-0.05, 0) is 25.8 Å². The van der Waals surface area contributed by atoms with Gasteiger partial charge >= 0.3 is 0 Å². The molecule has 1 atom stereocenters. The molecule has 1 heteroatoms. The van der Waals surface area contributed by atoms with E-state index in [4.69, 9.17) is 0 Å². The van der Waals surface area contributed by atoms with Crippen LogP contribution in [0.4, 0.5) is 0 Å². The second kappa shape index (κ2) is 5.03. The standard InChI is InChI=1S/C12H19N/c1-4-11(3)13-9-12-7-5-6-10(2)8-12/h5-8,11,13H,4,9H2,1-3H3/t11-/m1/s1. The van der Waals surface area contributed by atoms with Crippen LogP contribution in [-0.2, 0) is 6.54 Å². The second-order valence-corrected chi connectivity index (χ2v) is 3.68. The fourth-order valence-corrected chi connectivity index (χ4v) is 1.26. The molecule has 72 valence electrons. The highest BCUT2D eigenvalue weighted by Gasteiger charge is 1.97. The van der Waals surface area contributed by atoms with Crippen molar-refractivity contribution in [2.45, 2.75) is 39.8 Å². The highest BCUT2D eigenvalue weighted by Crippen LogP contribution is 2.03. The van der Waals surface area contributed by atoms with Crippen LogP contribution in [0.3, 0.4) is 0 Å². The van der Waals surface area contributed by atoms with E-state index in [1.54, 1.807) is 0 Å². The van der Waals surface area contributed by atoms with Crippen LogP contribution in [-0.4, -0.2) is 6.04 Å². The molecule has 1 aromatic rings. The Morgan fingerprint density at radius 3 is 2.77 bits per heavy atom. The molecule has 0 fully saturated rings. The zero-order valence-corrected chi connectivity index (χ0v) is 8.80. The highest BCUT2D eigenvalue weighted by molar-refractivity contribution is 5.21. The maximum Gasteiger partial charge on any atom is 0.0208 e. The van der Waals surface area contributed by atoms with Crippen LogP contribution >= 0.6 is 0 Å². The van der Waals surface area contributed by atoms with Crippen molar-refractivity contribution in [1.82, 2.24) is 5.32 Å². The molecule has 0 saturated heterocycles. The average Bonchev–Trinajstić information content (AvgIpc) is 2.14. The number of aryl methyl sites for hydroxylation is 1. The summed E-state index contributed by atoms with van der Waals surface area (Å²) in [6.45, 7) is 7.53. The molecule has 1 rings (SSSR count). The molecule has 0 amide bonds. The van der Waals surface area contributed by atoms with Crippen molar-refractivity contribution in [2.24, 2.45) is 0 Å². The topological polar surface area (TPSA) is 12.0 Å². The summed E-state index contributed by atoms with van der Waals surface area (Å²) in [5.74, 6) is 0. The van der Waals surface area contributed by atoms with Crippen LogP contribution in [0.15, 0.2) is 24.3 Å². The largest absolute Gasteiger partial charge is 0.310 e. The SMILES string of the molecule is CC[C@@H](C)NCc1cccc(C)c1. The Labute approximate surface area is 81.2 Å². The monoisotopic (exact) mass is 177 g/mol. The van der Waals surface area contributed by atoms with E-state index in [9.17, 15) is 0 Å². The van der Waals surface area contributed by atoms with Gasteiger partial charge in [-0.2, -0.15) is 0 Å². The molecule has 0 aliphatic rings. The van der Waals surface area contributed by atoms with E-state index in [2.05, 4.69) is 50.4 Å². The number of nitrogens with one attached hydrogen (secondary N) is 1. The fourth-order valence-electron chi connectivity index (χ4n) is 1.26. The second-order valence-electron chi connectivity index (χ2n) is 3.68. The predicted octanol–water partition coefficient (Wildman–Crippen LogP) is 2.88. The first kappa shape index (κ1) is 10.3. The summed E-state index contributed by atoms with van der Waals surface area (Å²) < 4.78 is 0. The average molecular weight is 177 g/mol. The maximum absolute atomic E-state index is 3.48. The fraction of sp³-hybridized carbons (Fsp3) is 0.500. The molecular weight excluding hydrogens is 158 g/mol. The number of hydrogen-bond acceptors (Lipinski definition) is 1. The minimum absolute atomic E-state index is 0.612. The molecule has 0 heterocycles. The van der Waals surface area contributed by atoms with Gasteiger partial charge < -0.3 is 5.32 Å². The van der Waals surface area contributed by atoms with Crippen molar-refractivity contribution in [3.05, 3.63) is 35.4 Å². The first-order valence-electron chi connectivity index (χ1n) is 5.01. The molecule has 0 aliphatic carbocycles. The van der Waals surface area contributed by atoms with E-state index in [-0.39, 0.29) is 0 Å². The lowest BCUT2D eigenvalue weighted by Crippen LogP contribution is -2.24. The molecule has 1 aromatic carbocycles. The summed E-state index contributed by atoms with van der Waals surface area (Å²) >= 11 is 0. The van der Waals surface area contributed by atoms with Gasteiger partial charge in [-0.15, -0.1) is 0 Å². The third-order valence-electron chi connectivity index (χ3n) is 2.35. The molecule has 0 unspecified atom stereocenters. The van der Waals surface area contributed by atoms with Crippen LogP contribution < -0.4 is 5.32 Å². The molecule has 1 nitrogen and oxygen atoms in total. The lowest BCUT2D eigenvalue weighted by atomic mass is 10.1. The quantitative estimate of drug-likeness (QED) is 0.745. The third-order valence-corrected chi connectivity index (χ3v) is 2.35. The third kappa shape index (κ3) is 3.60. The summed E-state index contributed by atoms with van der Waals surface area (Å²) in [7, 11) is 0. The van der Waals surface area contributed by atoms with Crippen molar-refractivity contribution in [2.75, 3.05) is 0 Å². The van der Waals surface area contributed by atoms with E-state index in [0.717, 1.165) is 6.54 Å². The summed E-state index contributed by atoms with van der Waals surface area (Å²) in [5.41, 5.74) is 2.71. The van der Waals surface area contributed by atoms with Gasteiger partial charge in [-0.3, -0.25) is 0 Å². The Kier molecular flexibility index (Phi) is 3.97. The van der Waals surface area contributed by atoms with Crippen LogP contribution in [0.2, 0.25) is 0 Å². The molecule has 13 heavy (non-hydrogen) atoms. The number of benzene rings is 1. The Morgan fingerprint density at radius 2 is 2.15 bits per heavy atom. The summed E-state index contributed by atoms with van der Waals surface area (Å²) in [5, 5.41) is 3.48. The zero-order valence-electron chi connectivity index (χ0n) is 8.80. The smallest absolute Gasteiger partial charge is 0.0208 e. The summed E-state index contributed by atoms with van der Waals surface area (Å²) in [4.78, 5) is 0. The molecule has 0 spiro atoms. The molecule has 0 aliphatic heterocycles. The van der Waals surface area contributed by atoms with Gasteiger partial charge in [0.1, 0.15) is 0 Å². The van der Waals surface area contributed by atoms with Crippen molar-refractivity contribution in [1.29, 1.82) is 0 Å². The molecular formula is C12H19N. The Hall–Kier alpha value is -0.820. The van der Waals surface area contributed by atoms with E-state index in [0.29, 0.717) is 6.04 Å². The van der Waals surface area contributed by atoms with E-state index in [1.165, 1.54) is 17.5 Å². The Bertz CT molecular complexity index is 255. The van der Waals surface area contributed by atoms with E-state index >= 15 is 0 Å². The van der Waals surface area contributed by atoms with Crippen LogP contribution in [0.25, 0.3) is 0 Å². The highest BCUT2D eigenvalue weighted by atomic mass is 14.9. The van der Waals surface area contributed by atoms with Crippen LogP contribution in [0.1, 0.15) is 31.4 Å². The van der Waals surface area contributed by atoms with Gasteiger partial charge in [0.2, 0.25) is 0 Å². The Balaban J connectivity index is 2.45. The Morgan fingerprint density at radius 1 is 1.38 bits per heavy atom. The van der Waals surface area contributed by atoms with E-state index in [1.807, 2.05) is 0 Å². The normalized spacial score (nSPS) is 12.8. The van der Waals surface area contributed by atoms with Gasteiger partial charge in [-0.25, -0.2) is 0 Å². The van der Waals surface area contributed by atoms with Crippen molar-refractivity contribution in [3.8, 4) is 0 Å². The zero-order chi connectivity index (χ0) is 9.68.